The van der Waals surface area contributed by atoms with E-state index in [9.17, 15) is 4.79 Å². The van der Waals surface area contributed by atoms with Gasteiger partial charge < -0.3 is 10.6 Å². The molecule has 3 rings (SSSR count). The molecule has 2 N–H and O–H groups in total. The number of hydrogen-bond donors (Lipinski definition) is 2. The van der Waals surface area contributed by atoms with Gasteiger partial charge in [-0.3, -0.25) is 4.79 Å². The molecule has 1 aliphatic heterocycles. The van der Waals surface area contributed by atoms with Crippen molar-refractivity contribution in [2.45, 2.75) is 32.6 Å². The van der Waals surface area contributed by atoms with Gasteiger partial charge in [0.1, 0.15) is 0 Å². The van der Waals surface area contributed by atoms with E-state index in [2.05, 4.69) is 47.9 Å². The van der Waals surface area contributed by atoms with Crippen LogP contribution in [0.3, 0.4) is 0 Å². The number of carbonyl (C=O) groups is 1. The van der Waals surface area contributed by atoms with Crippen LogP contribution >= 0.6 is 0 Å². The molecule has 0 radical (unpaired) electrons. The van der Waals surface area contributed by atoms with Crippen LogP contribution in [0.5, 0.6) is 0 Å². The summed E-state index contributed by atoms with van der Waals surface area (Å²) in [4.78, 5) is 12.5. The van der Waals surface area contributed by atoms with Gasteiger partial charge in [0.05, 0.1) is 0 Å². The summed E-state index contributed by atoms with van der Waals surface area (Å²) >= 11 is 0. The van der Waals surface area contributed by atoms with Gasteiger partial charge in [-0.05, 0) is 61.4 Å². The highest BCUT2D eigenvalue weighted by atomic mass is 16.1. The number of para-hydroxylation sites is 1. The Hall–Kier alpha value is -2.13. The summed E-state index contributed by atoms with van der Waals surface area (Å²) in [5, 5.41) is 6.58. The molecule has 1 amide bonds. The second-order valence-electron chi connectivity index (χ2n) is 7.16. The number of nitrogens with one attached hydrogen (secondary N) is 2. The smallest absolute Gasteiger partial charge is 0.224 e. The number of benzene rings is 2. The van der Waals surface area contributed by atoms with Gasteiger partial charge in [-0.15, -0.1) is 0 Å². The van der Waals surface area contributed by atoms with E-state index in [1.54, 1.807) is 0 Å². The Labute approximate surface area is 150 Å². The molecule has 2 atom stereocenters. The van der Waals surface area contributed by atoms with E-state index in [1.165, 1.54) is 18.4 Å². The van der Waals surface area contributed by atoms with Crippen LogP contribution < -0.4 is 10.6 Å². The van der Waals surface area contributed by atoms with Gasteiger partial charge in [0, 0.05) is 12.1 Å². The Morgan fingerprint density at radius 1 is 1.16 bits per heavy atom. The van der Waals surface area contributed by atoms with Crippen molar-refractivity contribution in [1.82, 2.24) is 5.32 Å². The van der Waals surface area contributed by atoms with E-state index in [0.29, 0.717) is 18.3 Å². The zero-order valence-electron chi connectivity index (χ0n) is 15.0. The number of carbonyl (C=O) groups excluding carboxylic acids is 1. The molecular formula is C22H28N2O. The van der Waals surface area contributed by atoms with Crippen LogP contribution in [0.1, 0.15) is 37.3 Å². The molecule has 0 aromatic heterocycles. The maximum absolute atomic E-state index is 12.5. The van der Waals surface area contributed by atoms with E-state index >= 15 is 0 Å². The van der Waals surface area contributed by atoms with Crippen molar-refractivity contribution in [3.63, 3.8) is 0 Å². The molecule has 3 nitrogen and oxygen atoms in total. The van der Waals surface area contributed by atoms with Gasteiger partial charge >= 0.3 is 0 Å². The highest BCUT2D eigenvalue weighted by Gasteiger charge is 2.22. The van der Waals surface area contributed by atoms with Crippen molar-refractivity contribution < 1.29 is 4.79 Å². The predicted octanol–water partition coefficient (Wildman–Crippen LogP) is 4.24. The fourth-order valence-corrected chi connectivity index (χ4v) is 3.64. The first-order valence-electron chi connectivity index (χ1n) is 9.35. The maximum Gasteiger partial charge on any atom is 0.224 e. The van der Waals surface area contributed by atoms with Gasteiger partial charge in [-0.1, -0.05) is 55.5 Å². The molecule has 0 bridgehead atoms. The quantitative estimate of drug-likeness (QED) is 0.828. The van der Waals surface area contributed by atoms with Crippen molar-refractivity contribution >= 4 is 11.6 Å². The molecule has 2 aromatic carbocycles. The SMILES string of the molecule is CC(CC(=O)Nc1ccccc1Cc1ccccc1)C1CCCNC1. The molecule has 3 heteroatoms. The highest BCUT2D eigenvalue weighted by molar-refractivity contribution is 5.91. The molecule has 132 valence electrons. The van der Waals surface area contributed by atoms with Gasteiger partial charge in [0.25, 0.3) is 0 Å². The first-order valence-corrected chi connectivity index (χ1v) is 9.35. The summed E-state index contributed by atoms with van der Waals surface area (Å²) in [6.07, 6.45) is 3.87. The minimum atomic E-state index is 0.124. The fraction of sp³-hybridized carbons (Fsp3) is 0.409. The van der Waals surface area contributed by atoms with Crippen LogP contribution in [0.25, 0.3) is 0 Å². The molecule has 2 unspecified atom stereocenters. The van der Waals surface area contributed by atoms with Crippen LogP contribution in [0.2, 0.25) is 0 Å². The molecule has 25 heavy (non-hydrogen) atoms. The van der Waals surface area contributed by atoms with Crippen LogP contribution in [0.15, 0.2) is 54.6 Å². The topological polar surface area (TPSA) is 41.1 Å². The molecule has 1 aliphatic rings. The minimum Gasteiger partial charge on any atom is -0.326 e. The average Bonchev–Trinajstić information content (AvgIpc) is 2.65. The first kappa shape index (κ1) is 17.7. The second-order valence-corrected chi connectivity index (χ2v) is 7.16. The largest absolute Gasteiger partial charge is 0.326 e. The van der Waals surface area contributed by atoms with Gasteiger partial charge in [0.2, 0.25) is 5.91 Å². The van der Waals surface area contributed by atoms with Crippen molar-refractivity contribution in [3.05, 3.63) is 65.7 Å². The van der Waals surface area contributed by atoms with Crippen molar-refractivity contribution in [2.24, 2.45) is 11.8 Å². The monoisotopic (exact) mass is 336 g/mol. The number of hydrogen-bond acceptors (Lipinski definition) is 2. The molecule has 2 aromatic rings. The summed E-state index contributed by atoms with van der Waals surface area (Å²) in [5.74, 6) is 1.15. The predicted molar refractivity (Wildman–Crippen MR) is 104 cm³/mol. The summed E-state index contributed by atoms with van der Waals surface area (Å²) in [6, 6.07) is 18.5. The molecule has 1 fully saturated rings. The van der Waals surface area contributed by atoms with Crippen molar-refractivity contribution in [2.75, 3.05) is 18.4 Å². The highest BCUT2D eigenvalue weighted by Crippen LogP contribution is 2.24. The first-order chi connectivity index (χ1) is 12.2. The third-order valence-electron chi connectivity index (χ3n) is 5.18. The van der Waals surface area contributed by atoms with E-state index in [1.807, 2.05) is 24.3 Å². The average molecular weight is 336 g/mol. The zero-order chi connectivity index (χ0) is 17.5. The van der Waals surface area contributed by atoms with Crippen LogP contribution in [0, 0.1) is 11.8 Å². The lowest BCUT2D eigenvalue weighted by molar-refractivity contribution is -0.117. The maximum atomic E-state index is 12.5. The normalized spacial score (nSPS) is 18.5. The Balaban J connectivity index is 1.61. The zero-order valence-corrected chi connectivity index (χ0v) is 15.0. The fourth-order valence-electron chi connectivity index (χ4n) is 3.64. The van der Waals surface area contributed by atoms with Crippen LogP contribution in [0.4, 0.5) is 5.69 Å². The van der Waals surface area contributed by atoms with Gasteiger partial charge in [0.15, 0.2) is 0 Å². The third kappa shape index (κ3) is 5.17. The number of piperidine rings is 1. The van der Waals surface area contributed by atoms with E-state index in [-0.39, 0.29) is 5.91 Å². The standard InChI is InChI=1S/C22H28N2O/c1-17(20-11-7-13-23-16-20)14-22(25)24-21-12-6-5-10-19(21)15-18-8-3-2-4-9-18/h2-6,8-10,12,17,20,23H,7,11,13-16H2,1H3,(H,24,25). The third-order valence-corrected chi connectivity index (χ3v) is 5.18. The number of anilines is 1. The molecule has 0 aliphatic carbocycles. The summed E-state index contributed by atoms with van der Waals surface area (Å²) in [7, 11) is 0. The second kappa shape index (κ2) is 8.82. The lowest BCUT2D eigenvalue weighted by atomic mass is 9.85. The molecule has 1 saturated heterocycles. The number of rotatable bonds is 6. The van der Waals surface area contributed by atoms with E-state index < -0.39 is 0 Å². The van der Waals surface area contributed by atoms with E-state index in [0.717, 1.165) is 30.8 Å². The summed E-state index contributed by atoms with van der Waals surface area (Å²) in [5.41, 5.74) is 3.35. The van der Waals surface area contributed by atoms with Crippen LogP contribution in [-0.4, -0.2) is 19.0 Å². The Bertz CT molecular complexity index is 677. The van der Waals surface area contributed by atoms with E-state index in [4.69, 9.17) is 0 Å². The summed E-state index contributed by atoms with van der Waals surface area (Å²) < 4.78 is 0. The summed E-state index contributed by atoms with van der Waals surface area (Å²) in [6.45, 7) is 4.36. The molecule has 0 saturated carbocycles. The van der Waals surface area contributed by atoms with Crippen molar-refractivity contribution in [3.8, 4) is 0 Å². The Kier molecular flexibility index (Phi) is 6.24. The van der Waals surface area contributed by atoms with Crippen LogP contribution in [-0.2, 0) is 11.2 Å². The minimum absolute atomic E-state index is 0.124. The van der Waals surface area contributed by atoms with Crippen molar-refractivity contribution in [1.29, 1.82) is 0 Å². The van der Waals surface area contributed by atoms with Gasteiger partial charge in [-0.25, -0.2) is 0 Å². The molecular weight excluding hydrogens is 308 g/mol. The Morgan fingerprint density at radius 2 is 1.92 bits per heavy atom. The van der Waals surface area contributed by atoms with Gasteiger partial charge in [-0.2, -0.15) is 0 Å². The molecule has 1 heterocycles. The number of amides is 1. The Morgan fingerprint density at radius 3 is 2.68 bits per heavy atom. The molecule has 0 spiro atoms. The lowest BCUT2D eigenvalue weighted by Crippen LogP contribution is -2.34. The lowest BCUT2D eigenvalue weighted by Gasteiger charge is -2.28.